The lowest BCUT2D eigenvalue weighted by Gasteiger charge is -2.25. The Morgan fingerprint density at radius 3 is 2.29 bits per heavy atom. The predicted molar refractivity (Wildman–Crippen MR) is 118 cm³/mol. The maximum Gasteiger partial charge on any atom is 0.244 e. The van der Waals surface area contributed by atoms with Gasteiger partial charge in [-0.3, -0.25) is 0 Å². The molecule has 3 nitrogen and oxygen atoms in total. The van der Waals surface area contributed by atoms with Crippen molar-refractivity contribution in [2.75, 3.05) is 12.3 Å². The van der Waals surface area contributed by atoms with Crippen molar-refractivity contribution in [1.82, 2.24) is 4.31 Å². The summed E-state index contributed by atoms with van der Waals surface area (Å²) in [6, 6.07) is 21.6. The predicted octanol–water partition coefficient (Wildman–Crippen LogP) is 5.57. The van der Waals surface area contributed by atoms with Crippen LogP contribution in [0, 0.1) is 0 Å². The van der Waals surface area contributed by atoms with Gasteiger partial charge in [0, 0.05) is 12.3 Å². The Balaban J connectivity index is 1.68. The van der Waals surface area contributed by atoms with Gasteiger partial charge in [0.1, 0.15) is 0 Å². The Bertz CT molecular complexity index is 1100. The summed E-state index contributed by atoms with van der Waals surface area (Å²) in [4.78, 5) is 0.366. The van der Waals surface area contributed by atoms with Gasteiger partial charge in [0.25, 0.3) is 0 Å². The molecule has 0 bridgehead atoms. The third-order valence-electron chi connectivity index (χ3n) is 5.24. The van der Waals surface area contributed by atoms with Crippen LogP contribution in [0.25, 0.3) is 10.8 Å². The van der Waals surface area contributed by atoms with Crippen LogP contribution in [0.4, 0.5) is 0 Å². The highest BCUT2D eigenvalue weighted by Crippen LogP contribution is 2.42. The highest BCUT2D eigenvalue weighted by molar-refractivity contribution is 8.01. The van der Waals surface area contributed by atoms with Crippen molar-refractivity contribution < 1.29 is 8.42 Å². The average Bonchev–Trinajstić information content (AvgIpc) is 3.18. The second-order valence-corrected chi connectivity index (χ2v) is 11.3. The van der Waals surface area contributed by atoms with Crippen LogP contribution in [-0.2, 0) is 15.4 Å². The first kappa shape index (κ1) is 19.5. The average molecular weight is 412 g/mol. The minimum absolute atomic E-state index is 0.0816. The maximum absolute atomic E-state index is 13.4. The smallest absolute Gasteiger partial charge is 0.207 e. The molecule has 1 fully saturated rings. The van der Waals surface area contributed by atoms with Crippen molar-refractivity contribution in [2.24, 2.45) is 0 Å². The molecule has 1 heterocycles. The Kier molecular flexibility index (Phi) is 5.02. The first-order valence-corrected chi connectivity index (χ1v) is 12.0. The molecule has 3 aromatic carbocycles. The summed E-state index contributed by atoms with van der Waals surface area (Å²) >= 11 is 1.69. The zero-order chi connectivity index (χ0) is 19.9. The van der Waals surface area contributed by atoms with Crippen LogP contribution in [0.1, 0.15) is 37.3 Å². The van der Waals surface area contributed by atoms with E-state index in [1.54, 1.807) is 28.2 Å². The van der Waals surface area contributed by atoms with Crippen LogP contribution in [0.2, 0.25) is 0 Å². The van der Waals surface area contributed by atoms with Gasteiger partial charge in [0.2, 0.25) is 10.0 Å². The van der Waals surface area contributed by atoms with E-state index in [0.29, 0.717) is 11.4 Å². The maximum atomic E-state index is 13.4. The van der Waals surface area contributed by atoms with Crippen molar-refractivity contribution in [1.29, 1.82) is 0 Å². The number of sulfonamides is 1. The molecule has 1 saturated heterocycles. The molecule has 0 spiro atoms. The molecule has 4 rings (SSSR count). The lowest BCUT2D eigenvalue weighted by Crippen LogP contribution is -2.30. The van der Waals surface area contributed by atoms with Crippen LogP contribution in [0.15, 0.2) is 71.6 Å². The zero-order valence-corrected chi connectivity index (χ0v) is 18.1. The van der Waals surface area contributed by atoms with Crippen molar-refractivity contribution >= 4 is 32.6 Å². The van der Waals surface area contributed by atoms with E-state index >= 15 is 0 Å². The summed E-state index contributed by atoms with van der Waals surface area (Å²) in [5.74, 6) is 0.804. The van der Waals surface area contributed by atoms with Gasteiger partial charge in [0.15, 0.2) is 0 Å². The van der Waals surface area contributed by atoms with Crippen LogP contribution < -0.4 is 0 Å². The third kappa shape index (κ3) is 3.59. The SMILES string of the molecule is CC(C)(C)c1ccc(C2SCCN2S(=O)(=O)c2ccc3ccccc3c2)cc1. The summed E-state index contributed by atoms with van der Waals surface area (Å²) in [6.07, 6.45) is 0. The minimum Gasteiger partial charge on any atom is -0.207 e. The van der Waals surface area contributed by atoms with Gasteiger partial charge >= 0.3 is 0 Å². The molecule has 0 N–H and O–H groups in total. The van der Waals surface area contributed by atoms with Crippen molar-refractivity contribution in [3.63, 3.8) is 0 Å². The number of hydrogen-bond acceptors (Lipinski definition) is 3. The monoisotopic (exact) mass is 411 g/mol. The lowest BCUT2D eigenvalue weighted by molar-refractivity contribution is 0.434. The second-order valence-electron chi connectivity index (χ2n) is 8.22. The molecule has 5 heteroatoms. The summed E-state index contributed by atoms with van der Waals surface area (Å²) in [5.41, 5.74) is 2.38. The van der Waals surface area contributed by atoms with Crippen molar-refractivity contribution in [2.45, 2.75) is 36.5 Å². The van der Waals surface area contributed by atoms with Gasteiger partial charge < -0.3 is 0 Å². The fourth-order valence-electron chi connectivity index (χ4n) is 3.57. The first-order valence-electron chi connectivity index (χ1n) is 9.49. The molecule has 0 saturated carbocycles. The molecule has 0 radical (unpaired) electrons. The van der Waals surface area contributed by atoms with E-state index in [2.05, 4.69) is 45.0 Å². The Hall–Kier alpha value is -1.82. The quantitative estimate of drug-likeness (QED) is 0.565. The number of rotatable bonds is 3. The van der Waals surface area contributed by atoms with E-state index in [9.17, 15) is 8.42 Å². The number of hydrogen-bond donors (Lipinski definition) is 0. The lowest BCUT2D eigenvalue weighted by atomic mass is 9.87. The van der Waals surface area contributed by atoms with E-state index in [-0.39, 0.29) is 10.8 Å². The Morgan fingerprint density at radius 2 is 1.61 bits per heavy atom. The van der Waals surface area contributed by atoms with Gasteiger partial charge in [-0.05, 0) is 39.4 Å². The molecular formula is C23H25NO2S2. The third-order valence-corrected chi connectivity index (χ3v) is 8.49. The normalized spacial score (nSPS) is 18.6. The number of thioether (sulfide) groups is 1. The molecule has 1 unspecified atom stereocenters. The minimum atomic E-state index is -3.55. The summed E-state index contributed by atoms with van der Waals surface area (Å²) in [7, 11) is -3.55. The molecule has 0 aromatic heterocycles. The molecular weight excluding hydrogens is 386 g/mol. The molecule has 1 aliphatic heterocycles. The summed E-state index contributed by atoms with van der Waals surface area (Å²) < 4.78 is 28.4. The summed E-state index contributed by atoms with van der Waals surface area (Å²) in [5, 5.41) is 1.82. The van der Waals surface area contributed by atoms with E-state index in [1.165, 1.54) is 5.56 Å². The highest BCUT2D eigenvalue weighted by Gasteiger charge is 2.37. The van der Waals surface area contributed by atoms with Crippen LogP contribution in [0.5, 0.6) is 0 Å². The van der Waals surface area contributed by atoms with Crippen molar-refractivity contribution in [3.8, 4) is 0 Å². The van der Waals surface area contributed by atoms with E-state index in [1.807, 2.05) is 30.3 Å². The standard InChI is InChI=1S/C23H25NO2S2/c1-23(2,3)20-11-8-18(9-12-20)22-24(14-15-27-22)28(25,26)21-13-10-17-6-4-5-7-19(17)16-21/h4-13,16,22H,14-15H2,1-3H3. The molecule has 28 heavy (non-hydrogen) atoms. The molecule has 0 amide bonds. The fourth-order valence-corrected chi connectivity index (χ4v) is 6.85. The van der Waals surface area contributed by atoms with Gasteiger partial charge in [0.05, 0.1) is 10.3 Å². The van der Waals surface area contributed by atoms with E-state index in [4.69, 9.17) is 0 Å². The molecule has 1 atom stereocenters. The van der Waals surface area contributed by atoms with Crippen LogP contribution in [0.3, 0.4) is 0 Å². The van der Waals surface area contributed by atoms with Crippen LogP contribution >= 0.6 is 11.8 Å². The largest absolute Gasteiger partial charge is 0.244 e. The first-order chi connectivity index (χ1) is 13.3. The topological polar surface area (TPSA) is 37.4 Å². The van der Waals surface area contributed by atoms with Gasteiger partial charge in [-0.1, -0.05) is 75.4 Å². The highest BCUT2D eigenvalue weighted by atomic mass is 32.2. The Labute approximate surface area is 171 Å². The fraction of sp³-hybridized carbons (Fsp3) is 0.304. The van der Waals surface area contributed by atoms with Gasteiger partial charge in [-0.25, -0.2) is 8.42 Å². The van der Waals surface area contributed by atoms with Crippen molar-refractivity contribution in [3.05, 3.63) is 77.9 Å². The Morgan fingerprint density at radius 1 is 0.929 bits per heavy atom. The number of nitrogens with zero attached hydrogens (tertiary/aromatic N) is 1. The summed E-state index contributed by atoms with van der Waals surface area (Å²) in [6.45, 7) is 7.08. The van der Waals surface area contributed by atoms with E-state index < -0.39 is 10.0 Å². The second kappa shape index (κ2) is 7.21. The van der Waals surface area contributed by atoms with Crippen LogP contribution in [-0.4, -0.2) is 25.0 Å². The zero-order valence-electron chi connectivity index (χ0n) is 16.4. The van der Waals surface area contributed by atoms with Gasteiger partial charge in [-0.15, -0.1) is 11.8 Å². The van der Waals surface area contributed by atoms with Gasteiger partial charge in [-0.2, -0.15) is 4.31 Å². The molecule has 146 valence electrons. The molecule has 1 aliphatic rings. The number of benzene rings is 3. The van der Waals surface area contributed by atoms with E-state index in [0.717, 1.165) is 22.1 Å². The molecule has 0 aliphatic carbocycles. The molecule has 3 aromatic rings. The number of fused-ring (bicyclic) bond motifs is 1.